The van der Waals surface area contributed by atoms with Crippen LogP contribution in [0.3, 0.4) is 0 Å². The second kappa shape index (κ2) is 8.13. The number of benzene rings is 3. The first-order valence-corrected chi connectivity index (χ1v) is 11.3. The zero-order chi connectivity index (χ0) is 21.3. The molecular weight excluding hydrogens is 398 g/mol. The fourth-order valence-electron chi connectivity index (χ4n) is 3.89. The standard InChI is InChI=1S/C24H25NO4S/c1-17-7-10-20(11-8-17)30(26,27)25-14-13-18-5-4-6-21(22(18)16-25)19-9-12-23(28-2)24(15-19)29-3/h4-12,15H,13-14,16H2,1-3H3. The number of nitrogens with zero attached hydrogens (tertiary/aromatic N) is 1. The summed E-state index contributed by atoms with van der Waals surface area (Å²) in [7, 11) is -0.339. The third-order valence-electron chi connectivity index (χ3n) is 5.59. The van der Waals surface area contributed by atoms with E-state index in [2.05, 4.69) is 6.07 Å². The molecule has 0 saturated carbocycles. The number of rotatable bonds is 5. The quantitative estimate of drug-likeness (QED) is 0.609. The SMILES string of the molecule is COc1ccc(-c2cccc3c2CN(S(=O)(=O)c2ccc(C)cc2)CC3)cc1OC. The Bertz CT molecular complexity index is 1170. The fourth-order valence-corrected chi connectivity index (χ4v) is 5.30. The van der Waals surface area contributed by atoms with Crippen LogP contribution in [-0.2, 0) is 23.0 Å². The Morgan fingerprint density at radius 1 is 0.900 bits per heavy atom. The molecule has 3 aromatic rings. The lowest BCUT2D eigenvalue weighted by molar-refractivity contribution is 0.355. The van der Waals surface area contributed by atoms with E-state index < -0.39 is 10.0 Å². The average molecular weight is 424 g/mol. The largest absolute Gasteiger partial charge is 0.493 e. The summed E-state index contributed by atoms with van der Waals surface area (Å²) in [6, 6.07) is 18.9. The van der Waals surface area contributed by atoms with Crippen molar-refractivity contribution in [1.82, 2.24) is 4.31 Å². The second-order valence-electron chi connectivity index (χ2n) is 7.41. The molecule has 1 aliphatic rings. The van der Waals surface area contributed by atoms with E-state index >= 15 is 0 Å². The summed E-state index contributed by atoms with van der Waals surface area (Å²) in [5, 5.41) is 0. The molecule has 6 heteroatoms. The van der Waals surface area contributed by atoms with Crippen molar-refractivity contribution in [3.63, 3.8) is 0 Å². The number of hydrogen-bond donors (Lipinski definition) is 0. The predicted molar refractivity (Wildman–Crippen MR) is 117 cm³/mol. The van der Waals surface area contributed by atoms with E-state index in [0.717, 1.165) is 22.3 Å². The van der Waals surface area contributed by atoms with Gasteiger partial charge in [-0.05, 0) is 59.9 Å². The van der Waals surface area contributed by atoms with Crippen LogP contribution in [0.1, 0.15) is 16.7 Å². The van der Waals surface area contributed by atoms with Gasteiger partial charge in [-0.2, -0.15) is 4.31 Å². The molecule has 3 aromatic carbocycles. The van der Waals surface area contributed by atoms with E-state index in [1.165, 1.54) is 5.56 Å². The first kappa shape index (κ1) is 20.4. The maximum atomic E-state index is 13.2. The Morgan fingerprint density at radius 2 is 1.63 bits per heavy atom. The third kappa shape index (κ3) is 3.68. The molecule has 5 nitrogen and oxygen atoms in total. The van der Waals surface area contributed by atoms with Crippen LogP contribution >= 0.6 is 0 Å². The van der Waals surface area contributed by atoms with Crippen molar-refractivity contribution in [2.24, 2.45) is 0 Å². The average Bonchev–Trinajstić information content (AvgIpc) is 2.78. The Morgan fingerprint density at radius 3 is 2.33 bits per heavy atom. The van der Waals surface area contributed by atoms with Crippen molar-refractivity contribution in [3.05, 3.63) is 77.4 Å². The van der Waals surface area contributed by atoms with E-state index in [9.17, 15) is 8.42 Å². The number of fused-ring (bicyclic) bond motifs is 1. The van der Waals surface area contributed by atoms with E-state index in [1.54, 1.807) is 30.7 Å². The minimum atomic E-state index is -3.56. The lowest BCUT2D eigenvalue weighted by Crippen LogP contribution is -2.36. The molecule has 0 aromatic heterocycles. The Labute approximate surface area is 177 Å². The van der Waals surface area contributed by atoms with Gasteiger partial charge in [0.25, 0.3) is 0 Å². The first-order chi connectivity index (χ1) is 14.4. The normalized spacial score (nSPS) is 14.2. The van der Waals surface area contributed by atoms with Crippen molar-refractivity contribution in [2.75, 3.05) is 20.8 Å². The van der Waals surface area contributed by atoms with Crippen LogP contribution in [0, 0.1) is 6.92 Å². The Kier molecular flexibility index (Phi) is 5.54. The van der Waals surface area contributed by atoms with Gasteiger partial charge in [0, 0.05) is 13.1 Å². The van der Waals surface area contributed by atoms with Crippen molar-refractivity contribution < 1.29 is 17.9 Å². The highest BCUT2D eigenvalue weighted by Crippen LogP contribution is 2.37. The van der Waals surface area contributed by atoms with Crippen LogP contribution in [0.4, 0.5) is 0 Å². The van der Waals surface area contributed by atoms with Gasteiger partial charge in [0.05, 0.1) is 19.1 Å². The molecule has 4 rings (SSSR count). The lowest BCUT2D eigenvalue weighted by atomic mass is 9.92. The molecule has 0 saturated heterocycles. The van der Waals surface area contributed by atoms with Gasteiger partial charge < -0.3 is 9.47 Å². The maximum Gasteiger partial charge on any atom is 0.243 e. The Hall–Kier alpha value is -2.83. The first-order valence-electron chi connectivity index (χ1n) is 9.84. The van der Waals surface area contributed by atoms with E-state index in [-0.39, 0.29) is 0 Å². The molecule has 0 radical (unpaired) electrons. The summed E-state index contributed by atoms with van der Waals surface area (Å²) >= 11 is 0. The van der Waals surface area contributed by atoms with E-state index in [0.29, 0.717) is 35.9 Å². The number of aryl methyl sites for hydroxylation is 1. The smallest absolute Gasteiger partial charge is 0.243 e. The molecule has 0 fully saturated rings. The van der Waals surface area contributed by atoms with Crippen molar-refractivity contribution in [3.8, 4) is 22.6 Å². The summed E-state index contributed by atoms with van der Waals surface area (Å²) in [4.78, 5) is 0.333. The van der Waals surface area contributed by atoms with Crippen LogP contribution in [0.25, 0.3) is 11.1 Å². The van der Waals surface area contributed by atoms with Gasteiger partial charge in [-0.25, -0.2) is 8.42 Å². The molecule has 1 aliphatic heterocycles. The van der Waals surface area contributed by atoms with Crippen LogP contribution in [0.2, 0.25) is 0 Å². The molecule has 30 heavy (non-hydrogen) atoms. The Balaban J connectivity index is 1.73. The van der Waals surface area contributed by atoms with Crippen molar-refractivity contribution >= 4 is 10.0 Å². The minimum Gasteiger partial charge on any atom is -0.493 e. The highest BCUT2D eigenvalue weighted by atomic mass is 32.2. The molecule has 0 bridgehead atoms. The van der Waals surface area contributed by atoms with Gasteiger partial charge in [-0.15, -0.1) is 0 Å². The molecular formula is C24H25NO4S. The van der Waals surface area contributed by atoms with Crippen LogP contribution in [0.5, 0.6) is 11.5 Å². The second-order valence-corrected chi connectivity index (χ2v) is 9.35. The molecule has 156 valence electrons. The van der Waals surface area contributed by atoms with Crippen LogP contribution in [-0.4, -0.2) is 33.5 Å². The van der Waals surface area contributed by atoms with E-state index in [4.69, 9.17) is 9.47 Å². The summed E-state index contributed by atoms with van der Waals surface area (Å²) in [5.41, 5.74) is 5.23. The van der Waals surface area contributed by atoms with Gasteiger partial charge in [-0.1, -0.05) is 42.0 Å². The van der Waals surface area contributed by atoms with Gasteiger partial charge in [0.15, 0.2) is 11.5 Å². The third-order valence-corrected chi connectivity index (χ3v) is 7.45. The van der Waals surface area contributed by atoms with E-state index in [1.807, 2.05) is 49.4 Å². The van der Waals surface area contributed by atoms with Gasteiger partial charge >= 0.3 is 0 Å². The van der Waals surface area contributed by atoms with Gasteiger partial charge in [0.1, 0.15) is 0 Å². The van der Waals surface area contributed by atoms with Crippen molar-refractivity contribution in [2.45, 2.75) is 24.8 Å². The highest BCUT2D eigenvalue weighted by Gasteiger charge is 2.29. The molecule has 0 atom stereocenters. The number of sulfonamides is 1. The van der Waals surface area contributed by atoms with Crippen LogP contribution < -0.4 is 9.47 Å². The highest BCUT2D eigenvalue weighted by molar-refractivity contribution is 7.89. The molecule has 1 heterocycles. The van der Waals surface area contributed by atoms with Crippen molar-refractivity contribution in [1.29, 1.82) is 0 Å². The molecule has 0 unspecified atom stereocenters. The monoisotopic (exact) mass is 423 g/mol. The molecule has 0 amide bonds. The zero-order valence-corrected chi connectivity index (χ0v) is 18.2. The number of hydrogen-bond acceptors (Lipinski definition) is 4. The van der Waals surface area contributed by atoms with Crippen LogP contribution in [0.15, 0.2) is 65.6 Å². The summed E-state index contributed by atoms with van der Waals surface area (Å²) in [5.74, 6) is 1.31. The molecule has 0 N–H and O–H groups in total. The zero-order valence-electron chi connectivity index (χ0n) is 17.4. The summed E-state index contributed by atoms with van der Waals surface area (Å²) < 4.78 is 38.8. The molecule has 0 aliphatic carbocycles. The topological polar surface area (TPSA) is 55.8 Å². The lowest BCUT2D eigenvalue weighted by Gasteiger charge is -2.30. The fraction of sp³-hybridized carbons (Fsp3) is 0.250. The predicted octanol–water partition coefficient (Wildman–Crippen LogP) is 4.43. The number of ether oxygens (including phenoxy) is 2. The maximum absolute atomic E-state index is 13.2. The summed E-state index contributed by atoms with van der Waals surface area (Å²) in [6.07, 6.45) is 0.682. The minimum absolute atomic E-state index is 0.333. The number of methoxy groups -OCH3 is 2. The molecule has 0 spiro atoms. The van der Waals surface area contributed by atoms with Gasteiger partial charge in [0.2, 0.25) is 10.0 Å². The summed E-state index contributed by atoms with van der Waals surface area (Å²) in [6.45, 7) is 2.76. The van der Waals surface area contributed by atoms with Gasteiger partial charge in [-0.3, -0.25) is 0 Å².